The molecule has 2 atom stereocenters. The Morgan fingerprint density at radius 2 is 2.00 bits per heavy atom. The lowest BCUT2D eigenvalue weighted by molar-refractivity contribution is 0.141. The number of aromatic hydroxyl groups is 1. The first kappa shape index (κ1) is 14.0. The lowest BCUT2D eigenvalue weighted by Gasteiger charge is -2.26. The SMILES string of the molecule is COCC(NC(C)c1cccc(O)c1)C(C)C. The molecule has 0 aromatic heterocycles. The molecule has 96 valence electrons. The van der Waals surface area contributed by atoms with Crippen molar-refractivity contribution in [2.45, 2.75) is 32.9 Å². The Morgan fingerprint density at radius 1 is 1.29 bits per heavy atom. The van der Waals surface area contributed by atoms with Crippen LogP contribution < -0.4 is 5.32 Å². The van der Waals surface area contributed by atoms with Crippen LogP contribution in [0.1, 0.15) is 32.4 Å². The fourth-order valence-electron chi connectivity index (χ4n) is 1.82. The zero-order valence-electron chi connectivity index (χ0n) is 11.1. The summed E-state index contributed by atoms with van der Waals surface area (Å²) in [7, 11) is 1.72. The van der Waals surface area contributed by atoms with E-state index in [1.165, 1.54) is 0 Å². The van der Waals surface area contributed by atoms with Crippen molar-refractivity contribution >= 4 is 0 Å². The number of phenols is 1. The number of hydrogen-bond donors (Lipinski definition) is 2. The van der Waals surface area contributed by atoms with E-state index in [0.29, 0.717) is 24.3 Å². The first-order valence-electron chi connectivity index (χ1n) is 6.08. The van der Waals surface area contributed by atoms with Gasteiger partial charge < -0.3 is 15.2 Å². The molecule has 0 radical (unpaired) electrons. The van der Waals surface area contributed by atoms with E-state index < -0.39 is 0 Å². The Morgan fingerprint density at radius 3 is 2.53 bits per heavy atom. The van der Waals surface area contributed by atoms with Crippen LogP contribution in [-0.4, -0.2) is 24.9 Å². The van der Waals surface area contributed by atoms with Gasteiger partial charge in [-0.1, -0.05) is 26.0 Å². The van der Waals surface area contributed by atoms with Gasteiger partial charge in [-0.05, 0) is 30.5 Å². The summed E-state index contributed by atoms with van der Waals surface area (Å²) in [6.07, 6.45) is 0. The van der Waals surface area contributed by atoms with Crippen LogP contribution in [0, 0.1) is 5.92 Å². The molecule has 0 saturated carbocycles. The van der Waals surface area contributed by atoms with Gasteiger partial charge in [-0.2, -0.15) is 0 Å². The maximum Gasteiger partial charge on any atom is 0.115 e. The van der Waals surface area contributed by atoms with Crippen molar-refractivity contribution in [3.05, 3.63) is 29.8 Å². The maximum absolute atomic E-state index is 9.46. The Kier molecular flexibility index (Phi) is 5.45. The van der Waals surface area contributed by atoms with Crippen LogP contribution in [-0.2, 0) is 4.74 Å². The van der Waals surface area contributed by atoms with Crippen molar-refractivity contribution in [2.24, 2.45) is 5.92 Å². The molecule has 17 heavy (non-hydrogen) atoms. The van der Waals surface area contributed by atoms with Gasteiger partial charge in [-0.15, -0.1) is 0 Å². The van der Waals surface area contributed by atoms with Gasteiger partial charge in [0.05, 0.1) is 6.61 Å². The third-order valence-electron chi connectivity index (χ3n) is 2.99. The molecule has 0 aliphatic heterocycles. The summed E-state index contributed by atoms with van der Waals surface area (Å²) in [6, 6.07) is 7.88. The molecule has 1 aromatic carbocycles. The lowest BCUT2D eigenvalue weighted by atomic mass is 10.0. The second-order valence-electron chi connectivity index (χ2n) is 4.79. The molecule has 0 aliphatic carbocycles. The van der Waals surface area contributed by atoms with Crippen LogP contribution in [0.4, 0.5) is 0 Å². The monoisotopic (exact) mass is 237 g/mol. The molecule has 2 unspecified atom stereocenters. The van der Waals surface area contributed by atoms with Gasteiger partial charge in [-0.3, -0.25) is 0 Å². The highest BCUT2D eigenvalue weighted by Gasteiger charge is 2.16. The number of phenolic OH excluding ortho intramolecular Hbond substituents is 1. The van der Waals surface area contributed by atoms with Gasteiger partial charge in [0.15, 0.2) is 0 Å². The number of benzene rings is 1. The van der Waals surface area contributed by atoms with Crippen molar-refractivity contribution in [2.75, 3.05) is 13.7 Å². The molecule has 1 aromatic rings. The molecule has 0 amide bonds. The molecule has 0 fully saturated rings. The van der Waals surface area contributed by atoms with Crippen molar-refractivity contribution < 1.29 is 9.84 Å². The maximum atomic E-state index is 9.46. The predicted octanol–water partition coefficient (Wildman–Crippen LogP) is 2.71. The van der Waals surface area contributed by atoms with Crippen LogP contribution in [0.15, 0.2) is 24.3 Å². The molecule has 0 saturated heterocycles. The zero-order valence-corrected chi connectivity index (χ0v) is 11.1. The van der Waals surface area contributed by atoms with Crippen LogP contribution >= 0.6 is 0 Å². The molecule has 0 bridgehead atoms. The molecule has 0 heterocycles. The second kappa shape index (κ2) is 6.62. The summed E-state index contributed by atoms with van der Waals surface area (Å²) >= 11 is 0. The minimum atomic E-state index is 0.199. The van der Waals surface area contributed by atoms with Gasteiger partial charge in [-0.25, -0.2) is 0 Å². The third kappa shape index (κ3) is 4.36. The van der Waals surface area contributed by atoms with Crippen LogP contribution in [0.5, 0.6) is 5.75 Å². The molecule has 2 N–H and O–H groups in total. The molecular weight excluding hydrogens is 214 g/mol. The van der Waals surface area contributed by atoms with E-state index in [9.17, 15) is 5.11 Å². The summed E-state index contributed by atoms with van der Waals surface area (Å²) < 4.78 is 5.21. The highest BCUT2D eigenvalue weighted by atomic mass is 16.5. The van der Waals surface area contributed by atoms with Crippen molar-refractivity contribution in [1.29, 1.82) is 0 Å². The summed E-state index contributed by atoms with van der Waals surface area (Å²) in [5.74, 6) is 0.818. The number of nitrogens with one attached hydrogen (secondary N) is 1. The van der Waals surface area contributed by atoms with E-state index in [-0.39, 0.29) is 6.04 Å². The van der Waals surface area contributed by atoms with Gasteiger partial charge in [0.1, 0.15) is 5.75 Å². The average molecular weight is 237 g/mol. The van der Waals surface area contributed by atoms with E-state index in [1.807, 2.05) is 12.1 Å². The van der Waals surface area contributed by atoms with Gasteiger partial charge in [0.25, 0.3) is 0 Å². The molecule has 3 nitrogen and oxygen atoms in total. The topological polar surface area (TPSA) is 41.5 Å². The molecular formula is C14H23NO2. The summed E-state index contributed by atoms with van der Waals surface area (Å²) in [5, 5.41) is 13.0. The molecule has 3 heteroatoms. The smallest absolute Gasteiger partial charge is 0.115 e. The van der Waals surface area contributed by atoms with Gasteiger partial charge in [0.2, 0.25) is 0 Å². The van der Waals surface area contributed by atoms with Crippen LogP contribution in [0.25, 0.3) is 0 Å². The van der Waals surface area contributed by atoms with E-state index in [2.05, 4.69) is 26.1 Å². The first-order chi connectivity index (χ1) is 8.04. The number of ether oxygens (including phenoxy) is 1. The second-order valence-corrected chi connectivity index (χ2v) is 4.79. The number of methoxy groups -OCH3 is 1. The normalized spacial score (nSPS) is 14.9. The summed E-state index contributed by atoms with van der Waals surface area (Å²) in [5.41, 5.74) is 1.09. The van der Waals surface area contributed by atoms with Gasteiger partial charge in [0, 0.05) is 19.2 Å². The standard InChI is InChI=1S/C14H23NO2/c1-10(2)14(9-17-4)15-11(3)12-6-5-7-13(16)8-12/h5-8,10-11,14-16H,9H2,1-4H3. The van der Waals surface area contributed by atoms with E-state index in [1.54, 1.807) is 19.2 Å². The lowest BCUT2D eigenvalue weighted by Crippen LogP contribution is -2.39. The average Bonchev–Trinajstić information content (AvgIpc) is 2.28. The number of hydrogen-bond acceptors (Lipinski definition) is 3. The van der Waals surface area contributed by atoms with Crippen molar-refractivity contribution in [3.8, 4) is 5.75 Å². The largest absolute Gasteiger partial charge is 0.508 e. The van der Waals surface area contributed by atoms with E-state index in [0.717, 1.165) is 5.56 Å². The van der Waals surface area contributed by atoms with Crippen molar-refractivity contribution in [1.82, 2.24) is 5.32 Å². The number of rotatable bonds is 6. The minimum absolute atomic E-state index is 0.199. The fraction of sp³-hybridized carbons (Fsp3) is 0.571. The predicted molar refractivity (Wildman–Crippen MR) is 70.2 cm³/mol. The Bertz CT molecular complexity index is 339. The van der Waals surface area contributed by atoms with E-state index in [4.69, 9.17) is 4.74 Å². The highest BCUT2D eigenvalue weighted by Crippen LogP contribution is 2.19. The molecule has 0 aliphatic rings. The highest BCUT2D eigenvalue weighted by molar-refractivity contribution is 5.29. The van der Waals surface area contributed by atoms with Gasteiger partial charge >= 0.3 is 0 Å². The zero-order chi connectivity index (χ0) is 12.8. The third-order valence-corrected chi connectivity index (χ3v) is 2.99. The van der Waals surface area contributed by atoms with E-state index >= 15 is 0 Å². The molecule has 0 spiro atoms. The Balaban J connectivity index is 2.66. The quantitative estimate of drug-likeness (QED) is 0.799. The molecule has 1 rings (SSSR count). The Labute approximate surface area is 104 Å². The fourth-order valence-corrected chi connectivity index (χ4v) is 1.82. The summed E-state index contributed by atoms with van der Waals surface area (Å²) in [6.45, 7) is 7.14. The first-order valence-corrected chi connectivity index (χ1v) is 6.08. The minimum Gasteiger partial charge on any atom is -0.508 e. The van der Waals surface area contributed by atoms with Crippen LogP contribution in [0.2, 0.25) is 0 Å². The summed E-state index contributed by atoms with van der Waals surface area (Å²) in [4.78, 5) is 0. The van der Waals surface area contributed by atoms with Crippen LogP contribution in [0.3, 0.4) is 0 Å². The Hall–Kier alpha value is -1.06. The van der Waals surface area contributed by atoms with Crippen molar-refractivity contribution in [3.63, 3.8) is 0 Å².